The number of nitrogens with zero attached hydrogens (tertiary/aromatic N) is 1. The summed E-state index contributed by atoms with van der Waals surface area (Å²) in [6, 6.07) is 11.5. The first kappa shape index (κ1) is 8.29. The average Bonchev–Trinajstić information content (AvgIpc) is 2.86. The summed E-state index contributed by atoms with van der Waals surface area (Å²) in [6.07, 6.45) is 2.25. The molecule has 3 heteroatoms. The normalized spacial score (nSPS) is 10.9. The lowest BCUT2D eigenvalue weighted by Crippen LogP contribution is -1.84. The number of hydrogen-bond acceptors (Lipinski definition) is 3. The van der Waals surface area contributed by atoms with E-state index < -0.39 is 0 Å². The predicted octanol–water partition coefficient (Wildman–Crippen LogP) is 3.01. The Morgan fingerprint density at radius 3 is 2.80 bits per heavy atom. The number of aromatic nitrogens is 1. The molecule has 0 bridgehead atoms. The largest absolute Gasteiger partial charge is 0.469 e. The molecule has 3 nitrogen and oxygen atoms in total. The number of oxazole rings is 1. The molecule has 0 unspecified atom stereocenters. The molecule has 74 valence electrons. The van der Waals surface area contributed by atoms with Crippen molar-refractivity contribution in [3.8, 4) is 0 Å². The third-order valence-corrected chi connectivity index (χ3v) is 2.24. The van der Waals surface area contributed by atoms with Gasteiger partial charge in [-0.1, -0.05) is 12.1 Å². The van der Waals surface area contributed by atoms with Crippen molar-refractivity contribution in [1.29, 1.82) is 0 Å². The molecule has 0 spiro atoms. The summed E-state index contributed by atoms with van der Waals surface area (Å²) >= 11 is 0. The molecule has 0 saturated heterocycles. The zero-order valence-electron chi connectivity index (χ0n) is 8.01. The van der Waals surface area contributed by atoms with E-state index in [9.17, 15) is 0 Å². The van der Waals surface area contributed by atoms with Crippen LogP contribution >= 0.6 is 0 Å². The van der Waals surface area contributed by atoms with Gasteiger partial charge in [-0.15, -0.1) is 0 Å². The third kappa shape index (κ3) is 1.52. The molecule has 0 amide bonds. The second-order valence-electron chi connectivity index (χ2n) is 3.33. The van der Waals surface area contributed by atoms with Crippen LogP contribution in [0.15, 0.2) is 51.5 Å². The van der Waals surface area contributed by atoms with E-state index in [-0.39, 0.29) is 0 Å². The smallest absolute Gasteiger partial charge is 0.203 e. The highest BCUT2D eigenvalue weighted by Crippen LogP contribution is 2.17. The van der Waals surface area contributed by atoms with Crippen molar-refractivity contribution >= 4 is 11.1 Å². The van der Waals surface area contributed by atoms with Crippen LogP contribution < -0.4 is 0 Å². The Bertz CT molecular complexity index is 533. The van der Waals surface area contributed by atoms with Crippen molar-refractivity contribution in [2.24, 2.45) is 0 Å². The van der Waals surface area contributed by atoms with Gasteiger partial charge in [0.1, 0.15) is 11.3 Å². The zero-order valence-corrected chi connectivity index (χ0v) is 8.01. The standard InChI is InChI=1S/C12H9NO2/c1-2-6-11-10(5-1)13-12(15-11)8-9-4-3-7-14-9/h1-7H,8H2. The van der Waals surface area contributed by atoms with Crippen LogP contribution in [0.25, 0.3) is 11.1 Å². The van der Waals surface area contributed by atoms with Gasteiger partial charge < -0.3 is 8.83 Å². The molecular weight excluding hydrogens is 190 g/mol. The van der Waals surface area contributed by atoms with Crippen LogP contribution in [0.3, 0.4) is 0 Å². The van der Waals surface area contributed by atoms with Crippen molar-refractivity contribution in [1.82, 2.24) is 4.98 Å². The number of para-hydroxylation sites is 2. The van der Waals surface area contributed by atoms with Crippen LogP contribution in [-0.2, 0) is 6.42 Å². The number of benzene rings is 1. The van der Waals surface area contributed by atoms with E-state index in [2.05, 4.69) is 4.98 Å². The molecule has 0 aliphatic carbocycles. The second kappa shape index (κ2) is 3.28. The summed E-state index contributed by atoms with van der Waals surface area (Å²) in [5.74, 6) is 1.55. The Hall–Kier alpha value is -2.03. The van der Waals surface area contributed by atoms with Gasteiger partial charge in [0.2, 0.25) is 5.89 Å². The minimum Gasteiger partial charge on any atom is -0.469 e. The molecule has 0 aliphatic heterocycles. The molecule has 2 heterocycles. The fraction of sp³-hybridized carbons (Fsp3) is 0.0833. The molecule has 0 radical (unpaired) electrons. The van der Waals surface area contributed by atoms with Crippen molar-refractivity contribution < 1.29 is 8.83 Å². The quantitative estimate of drug-likeness (QED) is 0.636. The first-order chi connectivity index (χ1) is 7.42. The lowest BCUT2D eigenvalue weighted by Gasteiger charge is -1.88. The molecule has 1 aromatic carbocycles. The number of hydrogen-bond donors (Lipinski definition) is 0. The molecule has 0 atom stereocenters. The van der Waals surface area contributed by atoms with E-state index in [1.54, 1.807) is 6.26 Å². The number of rotatable bonds is 2. The van der Waals surface area contributed by atoms with E-state index in [1.165, 1.54) is 0 Å². The summed E-state index contributed by atoms with van der Waals surface area (Å²) in [5, 5.41) is 0. The lowest BCUT2D eigenvalue weighted by molar-refractivity contribution is 0.480. The van der Waals surface area contributed by atoms with Gasteiger partial charge in [-0.3, -0.25) is 0 Å². The molecule has 0 N–H and O–H groups in total. The van der Waals surface area contributed by atoms with Crippen molar-refractivity contribution in [3.63, 3.8) is 0 Å². The van der Waals surface area contributed by atoms with Gasteiger partial charge in [-0.05, 0) is 24.3 Å². The summed E-state index contributed by atoms with van der Waals surface area (Å²) in [5.41, 5.74) is 1.71. The first-order valence-electron chi connectivity index (χ1n) is 4.79. The summed E-state index contributed by atoms with van der Waals surface area (Å²) in [7, 11) is 0. The van der Waals surface area contributed by atoms with E-state index in [4.69, 9.17) is 8.83 Å². The lowest BCUT2D eigenvalue weighted by atomic mass is 10.3. The SMILES string of the molecule is c1coc(Cc2nc3ccccc3o2)c1. The summed E-state index contributed by atoms with van der Waals surface area (Å²) in [6.45, 7) is 0. The molecule has 15 heavy (non-hydrogen) atoms. The van der Waals surface area contributed by atoms with E-state index in [1.807, 2.05) is 36.4 Å². The Morgan fingerprint density at radius 1 is 1.07 bits per heavy atom. The Labute approximate surface area is 86.3 Å². The highest BCUT2D eigenvalue weighted by Gasteiger charge is 2.06. The second-order valence-corrected chi connectivity index (χ2v) is 3.33. The van der Waals surface area contributed by atoms with Crippen LogP contribution in [0.2, 0.25) is 0 Å². The van der Waals surface area contributed by atoms with Crippen LogP contribution in [0.4, 0.5) is 0 Å². The van der Waals surface area contributed by atoms with Gasteiger partial charge in [0, 0.05) is 0 Å². The maximum Gasteiger partial charge on any atom is 0.203 e. The molecule has 2 aromatic heterocycles. The molecule has 0 aliphatic rings. The van der Waals surface area contributed by atoms with Gasteiger partial charge in [-0.2, -0.15) is 0 Å². The highest BCUT2D eigenvalue weighted by atomic mass is 16.4. The average molecular weight is 199 g/mol. The first-order valence-corrected chi connectivity index (χ1v) is 4.79. The maximum absolute atomic E-state index is 5.57. The summed E-state index contributed by atoms with van der Waals surface area (Å²) < 4.78 is 10.8. The Balaban J connectivity index is 1.98. The van der Waals surface area contributed by atoms with Crippen LogP contribution in [-0.4, -0.2) is 4.98 Å². The van der Waals surface area contributed by atoms with Crippen LogP contribution in [0.1, 0.15) is 11.7 Å². The third-order valence-electron chi connectivity index (χ3n) is 2.24. The number of fused-ring (bicyclic) bond motifs is 1. The van der Waals surface area contributed by atoms with Crippen LogP contribution in [0, 0.1) is 0 Å². The minimum atomic E-state index is 0.599. The van der Waals surface area contributed by atoms with Gasteiger partial charge in [0.05, 0.1) is 12.7 Å². The minimum absolute atomic E-state index is 0.599. The van der Waals surface area contributed by atoms with Gasteiger partial charge in [0.15, 0.2) is 5.58 Å². The van der Waals surface area contributed by atoms with Crippen molar-refractivity contribution in [3.05, 3.63) is 54.3 Å². The summed E-state index contributed by atoms with van der Waals surface area (Å²) in [4.78, 5) is 4.36. The topological polar surface area (TPSA) is 39.2 Å². The van der Waals surface area contributed by atoms with Gasteiger partial charge in [0.25, 0.3) is 0 Å². The molecule has 0 saturated carbocycles. The van der Waals surface area contributed by atoms with Gasteiger partial charge in [-0.25, -0.2) is 4.98 Å². The van der Waals surface area contributed by atoms with E-state index in [0.717, 1.165) is 16.9 Å². The highest BCUT2D eigenvalue weighted by molar-refractivity contribution is 5.72. The zero-order chi connectivity index (χ0) is 10.1. The molecule has 0 fully saturated rings. The number of furan rings is 1. The van der Waals surface area contributed by atoms with Crippen molar-refractivity contribution in [2.75, 3.05) is 0 Å². The monoisotopic (exact) mass is 199 g/mol. The predicted molar refractivity (Wildman–Crippen MR) is 55.5 cm³/mol. The van der Waals surface area contributed by atoms with Crippen LogP contribution in [0.5, 0.6) is 0 Å². The van der Waals surface area contributed by atoms with E-state index >= 15 is 0 Å². The Morgan fingerprint density at radius 2 is 2.00 bits per heavy atom. The maximum atomic E-state index is 5.57. The Kier molecular flexibility index (Phi) is 1.81. The fourth-order valence-corrected chi connectivity index (χ4v) is 1.56. The molecule has 3 aromatic rings. The molecular formula is C12H9NO2. The van der Waals surface area contributed by atoms with E-state index in [0.29, 0.717) is 12.3 Å². The van der Waals surface area contributed by atoms with Gasteiger partial charge >= 0.3 is 0 Å². The fourth-order valence-electron chi connectivity index (χ4n) is 1.56. The van der Waals surface area contributed by atoms with Crippen molar-refractivity contribution in [2.45, 2.75) is 6.42 Å². The molecule has 3 rings (SSSR count).